The van der Waals surface area contributed by atoms with E-state index in [1.807, 2.05) is 6.92 Å². The van der Waals surface area contributed by atoms with Crippen LogP contribution in [-0.4, -0.2) is 69.2 Å². The summed E-state index contributed by atoms with van der Waals surface area (Å²) in [5, 5.41) is 3.61. The molecule has 0 amide bonds. The van der Waals surface area contributed by atoms with E-state index in [9.17, 15) is 8.42 Å². The number of rotatable bonds is 9. The van der Waals surface area contributed by atoms with E-state index in [0.29, 0.717) is 19.1 Å². The van der Waals surface area contributed by atoms with Gasteiger partial charge < -0.3 is 10.2 Å². The van der Waals surface area contributed by atoms with Crippen LogP contribution in [0, 0.1) is 0 Å². The molecule has 1 rings (SSSR count). The Bertz CT molecular complexity index is 373. The van der Waals surface area contributed by atoms with E-state index in [0.717, 1.165) is 13.0 Å². The van der Waals surface area contributed by atoms with Crippen LogP contribution in [0.5, 0.6) is 0 Å². The van der Waals surface area contributed by atoms with Gasteiger partial charge in [0.2, 0.25) is 10.0 Å². The molecule has 1 saturated heterocycles. The first-order valence-electron chi connectivity index (χ1n) is 8.38. The average molecular weight is 320 g/mol. The number of sulfonamides is 1. The summed E-state index contributed by atoms with van der Waals surface area (Å²) in [6, 6.07) is 0.597. The second-order valence-electron chi connectivity index (χ2n) is 6.03. The van der Waals surface area contributed by atoms with E-state index in [-0.39, 0.29) is 0 Å². The Kier molecular flexibility index (Phi) is 8.78. The molecule has 1 heterocycles. The number of likely N-dealkylation sites (tertiary alicyclic amines) is 1. The summed E-state index contributed by atoms with van der Waals surface area (Å²) < 4.78 is 24.5. The second kappa shape index (κ2) is 9.77. The first kappa shape index (κ1) is 18.9. The van der Waals surface area contributed by atoms with Gasteiger partial charge in [-0.3, -0.25) is 0 Å². The number of nitrogens with one attached hydrogen (secondary N) is 1. The van der Waals surface area contributed by atoms with Gasteiger partial charge in [-0.15, -0.1) is 0 Å². The van der Waals surface area contributed by atoms with Crippen LogP contribution in [0.2, 0.25) is 0 Å². The molecule has 5 nitrogen and oxygen atoms in total. The van der Waals surface area contributed by atoms with Gasteiger partial charge in [0.1, 0.15) is 0 Å². The van der Waals surface area contributed by atoms with Crippen LogP contribution in [-0.2, 0) is 10.0 Å². The molecule has 126 valence electrons. The predicted octanol–water partition coefficient (Wildman–Crippen LogP) is 1.51. The van der Waals surface area contributed by atoms with Crippen molar-refractivity contribution in [1.29, 1.82) is 0 Å². The van der Waals surface area contributed by atoms with E-state index in [1.54, 1.807) is 4.31 Å². The zero-order chi connectivity index (χ0) is 15.7. The number of hydrogen-bond acceptors (Lipinski definition) is 4. The first-order valence-corrected chi connectivity index (χ1v) is 10.2. The lowest BCUT2D eigenvalue weighted by Crippen LogP contribution is -2.35. The molecule has 1 unspecified atom stereocenters. The van der Waals surface area contributed by atoms with Gasteiger partial charge in [-0.25, -0.2) is 12.7 Å². The fourth-order valence-corrected chi connectivity index (χ4v) is 3.95. The summed E-state index contributed by atoms with van der Waals surface area (Å²) in [5.74, 6) is 0. The molecule has 0 saturated carbocycles. The molecule has 0 aliphatic carbocycles. The molecule has 6 heteroatoms. The molecule has 1 aliphatic heterocycles. The first-order chi connectivity index (χ1) is 9.97. The van der Waals surface area contributed by atoms with Gasteiger partial charge >= 0.3 is 0 Å². The van der Waals surface area contributed by atoms with Crippen molar-refractivity contribution in [3.8, 4) is 0 Å². The quantitative estimate of drug-likeness (QED) is 0.655. The van der Waals surface area contributed by atoms with Gasteiger partial charge in [-0.05, 0) is 58.3 Å². The summed E-state index contributed by atoms with van der Waals surface area (Å²) in [5.41, 5.74) is 0. The van der Waals surface area contributed by atoms with Crippen LogP contribution in [0.4, 0.5) is 0 Å². The van der Waals surface area contributed by atoms with Crippen molar-refractivity contribution in [2.75, 3.05) is 45.5 Å². The van der Waals surface area contributed by atoms with Gasteiger partial charge in [0.25, 0.3) is 0 Å². The van der Waals surface area contributed by atoms with E-state index in [2.05, 4.69) is 17.1 Å². The topological polar surface area (TPSA) is 52.6 Å². The SMILES string of the molecule is CCCN1CCCC(NCCCN(CC)S(C)(=O)=O)CC1. The molecule has 1 aliphatic rings. The monoisotopic (exact) mass is 319 g/mol. The molecule has 0 aromatic rings. The predicted molar refractivity (Wildman–Crippen MR) is 89.1 cm³/mol. The lowest BCUT2D eigenvalue weighted by Gasteiger charge is -2.21. The smallest absolute Gasteiger partial charge is 0.211 e. The van der Waals surface area contributed by atoms with Crippen molar-refractivity contribution in [1.82, 2.24) is 14.5 Å². The summed E-state index contributed by atoms with van der Waals surface area (Å²) in [7, 11) is -3.04. The summed E-state index contributed by atoms with van der Waals surface area (Å²) >= 11 is 0. The molecule has 0 bridgehead atoms. The Morgan fingerprint density at radius 1 is 1.24 bits per heavy atom. The lowest BCUT2D eigenvalue weighted by molar-refractivity contribution is 0.282. The lowest BCUT2D eigenvalue weighted by atomic mass is 10.1. The standard InChI is InChI=1S/C15H33N3O2S/c1-4-11-17-12-6-8-15(9-14-17)16-10-7-13-18(5-2)21(3,19)20/h15-16H,4-14H2,1-3H3. The van der Waals surface area contributed by atoms with Crippen LogP contribution < -0.4 is 5.32 Å². The number of nitrogens with zero attached hydrogens (tertiary/aromatic N) is 2. The second-order valence-corrected chi connectivity index (χ2v) is 8.01. The maximum atomic E-state index is 11.5. The van der Waals surface area contributed by atoms with Gasteiger partial charge in [-0.1, -0.05) is 13.8 Å². The molecule has 0 radical (unpaired) electrons. The van der Waals surface area contributed by atoms with Crippen molar-refractivity contribution < 1.29 is 8.42 Å². The highest BCUT2D eigenvalue weighted by molar-refractivity contribution is 7.88. The van der Waals surface area contributed by atoms with Crippen LogP contribution >= 0.6 is 0 Å². The van der Waals surface area contributed by atoms with Crippen LogP contribution in [0.1, 0.15) is 46.0 Å². The molecular weight excluding hydrogens is 286 g/mol. The van der Waals surface area contributed by atoms with Crippen LogP contribution in [0.3, 0.4) is 0 Å². The van der Waals surface area contributed by atoms with Gasteiger partial charge in [0.15, 0.2) is 0 Å². The van der Waals surface area contributed by atoms with E-state index < -0.39 is 10.0 Å². The van der Waals surface area contributed by atoms with Crippen molar-refractivity contribution in [2.24, 2.45) is 0 Å². The molecule has 0 aromatic heterocycles. The van der Waals surface area contributed by atoms with Crippen molar-refractivity contribution in [2.45, 2.75) is 52.0 Å². The Morgan fingerprint density at radius 2 is 2.00 bits per heavy atom. The third kappa shape index (κ3) is 7.58. The molecule has 1 fully saturated rings. The highest BCUT2D eigenvalue weighted by Crippen LogP contribution is 2.11. The summed E-state index contributed by atoms with van der Waals surface area (Å²) in [6.07, 6.45) is 7.12. The Morgan fingerprint density at radius 3 is 2.62 bits per heavy atom. The maximum absolute atomic E-state index is 11.5. The highest BCUT2D eigenvalue weighted by Gasteiger charge is 2.17. The fraction of sp³-hybridized carbons (Fsp3) is 1.00. The van der Waals surface area contributed by atoms with Crippen molar-refractivity contribution in [3.05, 3.63) is 0 Å². The van der Waals surface area contributed by atoms with Crippen LogP contribution in [0.15, 0.2) is 0 Å². The normalized spacial score (nSPS) is 21.6. The zero-order valence-corrected chi connectivity index (χ0v) is 14.8. The number of hydrogen-bond donors (Lipinski definition) is 1. The molecule has 1 atom stereocenters. The Hall–Kier alpha value is -0.170. The van der Waals surface area contributed by atoms with E-state index in [1.165, 1.54) is 51.6 Å². The molecule has 1 N–H and O–H groups in total. The minimum Gasteiger partial charge on any atom is -0.314 e. The van der Waals surface area contributed by atoms with Gasteiger partial charge in [0, 0.05) is 19.1 Å². The van der Waals surface area contributed by atoms with Crippen LogP contribution in [0.25, 0.3) is 0 Å². The summed E-state index contributed by atoms with van der Waals surface area (Å²) in [6.45, 7) is 9.85. The van der Waals surface area contributed by atoms with Crippen molar-refractivity contribution in [3.63, 3.8) is 0 Å². The Balaban J connectivity index is 2.21. The minimum atomic E-state index is -3.04. The average Bonchev–Trinajstić information content (AvgIpc) is 2.63. The summed E-state index contributed by atoms with van der Waals surface area (Å²) in [4.78, 5) is 2.56. The minimum absolute atomic E-state index is 0.564. The molecule has 0 spiro atoms. The maximum Gasteiger partial charge on any atom is 0.211 e. The van der Waals surface area contributed by atoms with Gasteiger partial charge in [-0.2, -0.15) is 0 Å². The van der Waals surface area contributed by atoms with Gasteiger partial charge in [0.05, 0.1) is 6.26 Å². The highest BCUT2D eigenvalue weighted by atomic mass is 32.2. The van der Waals surface area contributed by atoms with E-state index >= 15 is 0 Å². The molecule has 0 aromatic carbocycles. The zero-order valence-electron chi connectivity index (χ0n) is 14.0. The molecular formula is C15H33N3O2S. The van der Waals surface area contributed by atoms with Crippen molar-refractivity contribution >= 4 is 10.0 Å². The fourth-order valence-electron chi connectivity index (χ4n) is 3.02. The largest absolute Gasteiger partial charge is 0.314 e. The Labute approximate surface area is 131 Å². The third-order valence-corrected chi connectivity index (χ3v) is 5.58. The third-order valence-electron chi connectivity index (χ3n) is 4.20. The molecule has 21 heavy (non-hydrogen) atoms. The van der Waals surface area contributed by atoms with E-state index in [4.69, 9.17) is 0 Å².